The maximum atomic E-state index is 11.8. The molecule has 18 heavy (non-hydrogen) atoms. The van der Waals surface area contributed by atoms with E-state index in [4.69, 9.17) is 4.74 Å². The minimum atomic E-state index is -0.232. The van der Waals surface area contributed by atoms with Crippen molar-refractivity contribution in [2.24, 2.45) is 5.41 Å². The topological polar surface area (TPSA) is 26.3 Å². The van der Waals surface area contributed by atoms with E-state index < -0.39 is 0 Å². The predicted molar refractivity (Wildman–Crippen MR) is 75.0 cm³/mol. The first-order valence-corrected chi connectivity index (χ1v) is 6.68. The number of ether oxygens (including phenoxy) is 1. The van der Waals surface area contributed by atoms with Crippen LogP contribution in [0.2, 0.25) is 0 Å². The summed E-state index contributed by atoms with van der Waals surface area (Å²) >= 11 is 0. The second-order valence-electron chi connectivity index (χ2n) is 5.67. The normalized spacial score (nSPS) is 11.3. The van der Waals surface area contributed by atoms with Gasteiger partial charge < -0.3 is 4.74 Å². The van der Waals surface area contributed by atoms with E-state index in [0.717, 1.165) is 25.2 Å². The molecule has 2 heteroatoms. The Bertz CT molecular complexity index is 371. The molecule has 0 bridgehead atoms. The number of rotatable bonds is 6. The van der Waals surface area contributed by atoms with Gasteiger partial charge >= 0.3 is 0 Å². The van der Waals surface area contributed by atoms with E-state index in [1.165, 1.54) is 5.56 Å². The number of aryl methyl sites for hydroxylation is 1. The van der Waals surface area contributed by atoms with Crippen LogP contribution in [0.5, 0.6) is 5.75 Å². The van der Waals surface area contributed by atoms with Gasteiger partial charge in [0.05, 0.1) is 6.61 Å². The maximum Gasteiger partial charge on any atom is 0.138 e. The molecule has 2 nitrogen and oxygen atoms in total. The smallest absolute Gasteiger partial charge is 0.138 e. The van der Waals surface area contributed by atoms with Crippen molar-refractivity contribution in [1.82, 2.24) is 0 Å². The van der Waals surface area contributed by atoms with E-state index in [9.17, 15) is 4.79 Å². The third kappa shape index (κ3) is 4.91. The molecule has 0 spiro atoms. The number of Topliss-reactive ketones (excluding diaryl/α,β-unsaturated/α-hetero) is 1. The molecule has 1 rings (SSSR count). The molecule has 1 aromatic rings. The lowest BCUT2D eigenvalue weighted by Gasteiger charge is -2.16. The highest BCUT2D eigenvalue weighted by Crippen LogP contribution is 2.19. The highest BCUT2D eigenvalue weighted by Gasteiger charge is 2.20. The first-order valence-electron chi connectivity index (χ1n) is 6.68. The number of benzene rings is 1. The molecular weight excluding hydrogens is 224 g/mol. The molecular formula is C16H24O2. The Hall–Kier alpha value is -1.31. The van der Waals surface area contributed by atoms with Gasteiger partial charge in [-0.3, -0.25) is 4.79 Å². The average Bonchev–Trinajstić information content (AvgIpc) is 2.33. The molecule has 0 amide bonds. The summed E-state index contributed by atoms with van der Waals surface area (Å²) in [6.45, 7) is 8.75. The lowest BCUT2D eigenvalue weighted by atomic mass is 9.87. The Labute approximate surface area is 110 Å². The standard InChI is InChI=1S/C16H24O2/c1-5-12-18-14-9-6-13(7-10-14)8-11-15(17)16(2,3)4/h6-7,9-10H,5,8,11-12H2,1-4H3. The largest absolute Gasteiger partial charge is 0.494 e. The summed E-state index contributed by atoms with van der Waals surface area (Å²) in [4.78, 5) is 11.8. The molecule has 1 aromatic carbocycles. The predicted octanol–water partition coefficient (Wildman–Crippen LogP) is 4.02. The van der Waals surface area contributed by atoms with E-state index in [1.807, 2.05) is 45.0 Å². The summed E-state index contributed by atoms with van der Waals surface area (Å²) < 4.78 is 5.52. The highest BCUT2D eigenvalue weighted by molar-refractivity contribution is 5.83. The van der Waals surface area contributed by atoms with Gasteiger partial charge in [-0.25, -0.2) is 0 Å². The van der Waals surface area contributed by atoms with Gasteiger partial charge in [-0.1, -0.05) is 39.8 Å². The minimum absolute atomic E-state index is 0.232. The van der Waals surface area contributed by atoms with Crippen LogP contribution in [0, 0.1) is 5.41 Å². The summed E-state index contributed by atoms with van der Waals surface area (Å²) in [5, 5.41) is 0. The van der Waals surface area contributed by atoms with Gasteiger partial charge in [0.2, 0.25) is 0 Å². The van der Waals surface area contributed by atoms with E-state index in [0.29, 0.717) is 12.2 Å². The van der Waals surface area contributed by atoms with Crippen LogP contribution in [0.15, 0.2) is 24.3 Å². The van der Waals surface area contributed by atoms with Crippen LogP contribution < -0.4 is 4.74 Å². The molecule has 0 aliphatic heterocycles. The first kappa shape index (κ1) is 14.7. The number of ketones is 1. The van der Waals surface area contributed by atoms with Crippen molar-refractivity contribution in [3.63, 3.8) is 0 Å². The monoisotopic (exact) mass is 248 g/mol. The van der Waals surface area contributed by atoms with Crippen molar-refractivity contribution in [2.45, 2.75) is 47.0 Å². The van der Waals surface area contributed by atoms with Crippen LogP contribution in [0.4, 0.5) is 0 Å². The molecule has 0 heterocycles. The molecule has 0 unspecified atom stereocenters. The third-order valence-electron chi connectivity index (χ3n) is 2.87. The van der Waals surface area contributed by atoms with Crippen LogP contribution >= 0.6 is 0 Å². The molecule has 0 aromatic heterocycles. The SMILES string of the molecule is CCCOc1ccc(CCC(=O)C(C)(C)C)cc1. The van der Waals surface area contributed by atoms with Crippen LogP contribution in [0.1, 0.15) is 46.1 Å². The second kappa shape index (κ2) is 6.58. The summed E-state index contributed by atoms with van der Waals surface area (Å²) in [5.41, 5.74) is 0.959. The van der Waals surface area contributed by atoms with Crippen molar-refractivity contribution in [3.8, 4) is 5.75 Å². The Balaban J connectivity index is 2.46. The molecule has 0 radical (unpaired) electrons. The van der Waals surface area contributed by atoms with Gasteiger partial charge in [-0.15, -0.1) is 0 Å². The lowest BCUT2D eigenvalue weighted by Crippen LogP contribution is -2.20. The molecule has 0 aliphatic carbocycles. The molecule has 0 aliphatic rings. The number of carbonyl (C=O) groups excluding carboxylic acids is 1. The quantitative estimate of drug-likeness (QED) is 0.760. The van der Waals surface area contributed by atoms with Crippen molar-refractivity contribution in [2.75, 3.05) is 6.61 Å². The number of carbonyl (C=O) groups is 1. The Kier molecular flexibility index (Phi) is 5.39. The average molecular weight is 248 g/mol. The third-order valence-corrected chi connectivity index (χ3v) is 2.87. The van der Waals surface area contributed by atoms with E-state index in [1.54, 1.807) is 0 Å². The minimum Gasteiger partial charge on any atom is -0.494 e. The van der Waals surface area contributed by atoms with Crippen molar-refractivity contribution in [3.05, 3.63) is 29.8 Å². The fourth-order valence-corrected chi connectivity index (χ4v) is 1.61. The van der Waals surface area contributed by atoms with Gasteiger partial charge in [-0.05, 0) is 30.5 Å². The van der Waals surface area contributed by atoms with E-state index in [2.05, 4.69) is 6.92 Å². The van der Waals surface area contributed by atoms with Crippen LogP contribution in [0.3, 0.4) is 0 Å². The van der Waals surface area contributed by atoms with Crippen LogP contribution in [0.25, 0.3) is 0 Å². The maximum absolute atomic E-state index is 11.8. The zero-order chi connectivity index (χ0) is 13.6. The molecule has 0 saturated heterocycles. The van der Waals surface area contributed by atoms with Crippen LogP contribution in [-0.4, -0.2) is 12.4 Å². The van der Waals surface area contributed by atoms with E-state index in [-0.39, 0.29) is 5.41 Å². The van der Waals surface area contributed by atoms with Gasteiger partial charge in [0.15, 0.2) is 0 Å². The van der Waals surface area contributed by atoms with Crippen molar-refractivity contribution < 1.29 is 9.53 Å². The van der Waals surface area contributed by atoms with Crippen molar-refractivity contribution >= 4 is 5.78 Å². The van der Waals surface area contributed by atoms with Gasteiger partial charge in [0, 0.05) is 11.8 Å². The fraction of sp³-hybridized carbons (Fsp3) is 0.562. The number of hydrogen-bond acceptors (Lipinski definition) is 2. The summed E-state index contributed by atoms with van der Waals surface area (Å²) in [5.74, 6) is 1.22. The fourth-order valence-electron chi connectivity index (χ4n) is 1.61. The molecule has 100 valence electrons. The summed E-state index contributed by atoms with van der Waals surface area (Å²) in [6.07, 6.45) is 2.44. The summed E-state index contributed by atoms with van der Waals surface area (Å²) in [7, 11) is 0. The molecule has 0 atom stereocenters. The molecule has 0 saturated carbocycles. The number of hydrogen-bond donors (Lipinski definition) is 0. The van der Waals surface area contributed by atoms with Gasteiger partial charge in [-0.2, -0.15) is 0 Å². The first-order chi connectivity index (χ1) is 8.43. The van der Waals surface area contributed by atoms with Gasteiger partial charge in [0.25, 0.3) is 0 Å². The lowest BCUT2D eigenvalue weighted by molar-refractivity contribution is -0.126. The van der Waals surface area contributed by atoms with Crippen LogP contribution in [-0.2, 0) is 11.2 Å². The zero-order valence-electron chi connectivity index (χ0n) is 12.0. The molecule has 0 fully saturated rings. The van der Waals surface area contributed by atoms with Crippen molar-refractivity contribution in [1.29, 1.82) is 0 Å². The van der Waals surface area contributed by atoms with E-state index >= 15 is 0 Å². The highest BCUT2D eigenvalue weighted by atomic mass is 16.5. The second-order valence-corrected chi connectivity index (χ2v) is 5.67. The molecule has 0 N–H and O–H groups in total. The van der Waals surface area contributed by atoms with Gasteiger partial charge in [0.1, 0.15) is 11.5 Å². The Morgan fingerprint density at radius 2 is 1.78 bits per heavy atom. The Morgan fingerprint density at radius 1 is 1.17 bits per heavy atom. The zero-order valence-corrected chi connectivity index (χ0v) is 12.0. The Morgan fingerprint density at radius 3 is 2.28 bits per heavy atom. The summed E-state index contributed by atoms with van der Waals surface area (Å²) in [6, 6.07) is 8.04.